The molecule has 0 heterocycles. The number of hydrogen-bond donors (Lipinski definition) is 3. The second kappa shape index (κ2) is 10.7. The molecular weight excluding hydrogens is 432 g/mol. The first kappa shape index (κ1) is 24.6. The zero-order valence-corrected chi connectivity index (χ0v) is 18.9. The maximum Gasteiger partial charge on any atom is 0.416 e. The number of hydrogen-bond acceptors (Lipinski definition) is 3. The number of anilines is 1. The molecular formula is C25H30F4N4. The lowest BCUT2D eigenvalue weighted by Gasteiger charge is -2.22. The smallest absolute Gasteiger partial charge is 0.402 e. The van der Waals surface area contributed by atoms with Gasteiger partial charge in [0.15, 0.2) is 0 Å². The highest BCUT2D eigenvalue weighted by Gasteiger charge is 2.33. The predicted molar refractivity (Wildman–Crippen MR) is 124 cm³/mol. The normalized spacial score (nSPS) is 15.6. The highest BCUT2D eigenvalue weighted by Crippen LogP contribution is 2.33. The third kappa shape index (κ3) is 6.06. The van der Waals surface area contributed by atoms with E-state index < -0.39 is 11.7 Å². The summed E-state index contributed by atoms with van der Waals surface area (Å²) in [5.41, 5.74) is 8.19. The number of benzene rings is 2. The van der Waals surface area contributed by atoms with Crippen LogP contribution in [0.3, 0.4) is 0 Å². The van der Waals surface area contributed by atoms with Gasteiger partial charge in [0.2, 0.25) is 0 Å². The van der Waals surface area contributed by atoms with Gasteiger partial charge < -0.3 is 16.4 Å². The number of nitrogens with one attached hydrogen (secondary N) is 2. The van der Waals surface area contributed by atoms with Crippen molar-refractivity contribution in [3.8, 4) is 0 Å². The number of amidine groups is 1. The molecule has 0 spiro atoms. The second-order valence-corrected chi connectivity index (χ2v) is 8.17. The predicted octanol–water partition coefficient (Wildman–Crippen LogP) is 6.31. The molecule has 1 unspecified atom stereocenters. The molecule has 1 aliphatic carbocycles. The van der Waals surface area contributed by atoms with E-state index in [2.05, 4.69) is 15.6 Å². The fourth-order valence-electron chi connectivity index (χ4n) is 3.99. The molecule has 1 atom stereocenters. The molecule has 0 aliphatic heterocycles. The molecule has 4 N–H and O–H groups in total. The highest BCUT2D eigenvalue weighted by molar-refractivity contribution is 5.99. The summed E-state index contributed by atoms with van der Waals surface area (Å²) in [5.74, 6) is 0.104. The third-order valence-corrected chi connectivity index (χ3v) is 5.69. The van der Waals surface area contributed by atoms with Crippen LogP contribution in [0.1, 0.15) is 62.3 Å². The summed E-state index contributed by atoms with van der Waals surface area (Å²) in [5, 5.41) is 6.43. The van der Waals surface area contributed by atoms with E-state index in [9.17, 15) is 17.6 Å². The van der Waals surface area contributed by atoms with E-state index in [4.69, 9.17) is 5.73 Å². The average molecular weight is 463 g/mol. The largest absolute Gasteiger partial charge is 0.416 e. The van der Waals surface area contributed by atoms with Gasteiger partial charge in [0.25, 0.3) is 0 Å². The Hall–Kier alpha value is -3.03. The molecule has 8 heteroatoms. The number of rotatable bonds is 8. The molecule has 0 saturated heterocycles. The summed E-state index contributed by atoms with van der Waals surface area (Å²) in [7, 11) is 0. The Balaban J connectivity index is 1.93. The number of nitrogens with two attached hydrogens (primary N) is 1. The van der Waals surface area contributed by atoms with Gasteiger partial charge in [-0.25, -0.2) is 4.39 Å². The molecule has 0 aromatic heterocycles. The van der Waals surface area contributed by atoms with E-state index >= 15 is 0 Å². The standard InChI is InChI=1S/C25H30F4N4/c1-3-14-31-23-18(9-6-12-21(23)26)16(2)33-24(19-10-7-13-22(19)30)32-15-17-8-4-5-11-20(17)25(27,28)29/h4-6,8-9,11-12,16,31H,3,7,10,13-15,30H2,1-2H3,(H,32,33). The minimum absolute atomic E-state index is 0.0881. The minimum Gasteiger partial charge on any atom is -0.402 e. The van der Waals surface area contributed by atoms with E-state index in [0.717, 1.165) is 24.5 Å². The zero-order valence-electron chi connectivity index (χ0n) is 18.9. The van der Waals surface area contributed by atoms with E-state index in [1.54, 1.807) is 12.1 Å². The molecule has 0 amide bonds. The van der Waals surface area contributed by atoms with Crippen LogP contribution in [-0.4, -0.2) is 12.4 Å². The fraction of sp³-hybridized carbons (Fsp3) is 0.400. The van der Waals surface area contributed by atoms with Crippen LogP contribution in [0.4, 0.5) is 23.2 Å². The summed E-state index contributed by atoms with van der Waals surface area (Å²) in [6, 6.07) is 9.93. The summed E-state index contributed by atoms with van der Waals surface area (Å²) >= 11 is 0. The molecule has 2 aromatic carbocycles. The van der Waals surface area contributed by atoms with E-state index in [0.29, 0.717) is 42.2 Å². The molecule has 3 rings (SSSR count). The van der Waals surface area contributed by atoms with Crippen molar-refractivity contribution in [1.29, 1.82) is 0 Å². The van der Waals surface area contributed by atoms with Crippen molar-refractivity contribution in [3.63, 3.8) is 0 Å². The third-order valence-electron chi connectivity index (χ3n) is 5.69. The van der Waals surface area contributed by atoms with Gasteiger partial charge in [-0.2, -0.15) is 13.2 Å². The van der Waals surface area contributed by atoms with Gasteiger partial charge in [-0.15, -0.1) is 0 Å². The summed E-state index contributed by atoms with van der Waals surface area (Å²) < 4.78 is 54.7. The van der Waals surface area contributed by atoms with Gasteiger partial charge in [0, 0.05) is 23.4 Å². The van der Waals surface area contributed by atoms with Gasteiger partial charge in [0.1, 0.15) is 11.7 Å². The highest BCUT2D eigenvalue weighted by atomic mass is 19.4. The van der Waals surface area contributed by atoms with Crippen molar-refractivity contribution >= 4 is 11.5 Å². The van der Waals surface area contributed by atoms with Gasteiger partial charge in [-0.1, -0.05) is 37.3 Å². The first-order valence-corrected chi connectivity index (χ1v) is 11.2. The fourth-order valence-corrected chi connectivity index (χ4v) is 3.99. The van der Waals surface area contributed by atoms with Crippen LogP contribution in [0.2, 0.25) is 0 Å². The lowest BCUT2D eigenvalue weighted by atomic mass is 10.0. The maximum absolute atomic E-state index is 14.5. The Labute approximate surface area is 192 Å². The van der Waals surface area contributed by atoms with Crippen molar-refractivity contribution in [1.82, 2.24) is 5.32 Å². The number of aliphatic imine (C=N–C) groups is 1. The molecule has 1 aliphatic rings. The van der Waals surface area contributed by atoms with E-state index in [1.165, 1.54) is 18.2 Å². The van der Waals surface area contributed by atoms with Crippen LogP contribution >= 0.6 is 0 Å². The summed E-state index contributed by atoms with van der Waals surface area (Å²) in [6.45, 7) is 4.34. The molecule has 178 valence electrons. The first-order chi connectivity index (χ1) is 15.7. The Morgan fingerprint density at radius 2 is 1.88 bits per heavy atom. The Morgan fingerprint density at radius 1 is 1.12 bits per heavy atom. The van der Waals surface area contributed by atoms with Crippen LogP contribution in [0.15, 0.2) is 58.7 Å². The Bertz CT molecular complexity index is 1030. The van der Waals surface area contributed by atoms with Crippen LogP contribution in [0.5, 0.6) is 0 Å². The molecule has 0 fully saturated rings. The first-order valence-electron chi connectivity index (χ1n) is 11.2. The number of alkyl halides is 3. The quantitative estimate of drug-likeness (QED) is 0.245. The number of para-hydroxylation sites is 1. The van der Waals surface area contributed by atoms with Crippen LogP contribution < -0.4 is 16.4 Å². The SMILES string of the molecule is CCCNc1c(F)cccc1C(C)NC(=NCc1ccccc1C(F)(F)F)C1=C(N)CCC1. The van der Waals surface area contributed by atoms with Gasteiger partial charge in [-0.05, 0) is 50.3 Å². The molecule has 4 nitrogen and oxygen atoms in total. The monoisotopic (exact) mass is 462 g/mol. The lowest BCUT2D eigenvalue weighted by molar-refractivity contribution is -0.138. The second-order valence-electron chi connectivity index (χ2n) is 8.17. The van der Waals surface area contributed by atoms with Crippen molar-refractivity contribution in [2.24, 2.45) is 10.7 Å². The van der Waals surface area contributed by atoms with E-state index in [-0.39, 0.29) is 24.0 Å². The number of allylic oxidation sites excluding steroid dienone is 1. The number of halogens is 4. The van der Waals surface area contributed by atoms with E-state index in [1.807, 2.05) is 19.9 Å². The Kier molecular flexibility index (Phi) is 8.00. The average Bonchev–Trinajstić information content (AvgIpc) is 3.20. The maximum atomic E-state index is 14.5. The van der Waals surface area contributed by atoms with Crippen molar-refractivity contribution in [3.05, 3.63) is 76.2 Å². The molecule has 33 heavy (non-hydrogen) atoms. The van der Waals surface area contributed by atoms with Crippen molar-refractivity contribution in [2.75, 3.05) is 11.9 Å². The molecule has 0 radical (unpaired) electrons. The topological polar surface area (TPSA) is 62.4 Å². The zero-order chi connectivity index (χ0) is 24.0. The molecule has 2 aromatic rings. The van der Waals surface area contributed by atoms with Crippen molar-refractivity contribution < 1.29 is 17.6 Å². The number of nitrogens with zero attached hydrogens (tertiary/aromatic N) is 1. The minimum atomic E-state index is -4.46. The van der Waals surface area contributed by atoms with Crippen LogP contribution in [-0.2, 0) is 12.7 Å². The van der Waals surface area contributed by atoms with Gasteiger partial charge in [0.05, 0.1) is 23.8 Å². The summed E-state index contributed by atoms with van der Waals surface area (Å²) in [6.07, 6.45) is -1.36. The Morgan fingerprint density at radius 3 is 2.55 bits per heavy atom. The van der Waals surface area contributed by atoms with Gasteiger partial charge in [-0.3, -0.25) is 4.99 Å². The lowest BCUT2D eigenvalue weighted by Crippen LogP contribution is -2.30. The van der Waals surface area contributed by atoms with Gasteiger partial charge >= 0.3 is 6.18 Å². The molecule has 0 saturated carbocycles. The van der Waals surface area contributed by atoms with Crippen molar-refractivity contribution in [2.45, 2.75) is 58.3 Å². The molecule has 0 bridgehead atoms. The van der Waals surface area contributed by atoms with Crippen LogP contribution in [0, 0.1) is 5.82 Å². The summed E-state index contributed by atoms with van der Waals surface area (Å²) in [4.78, 5) is 4.53. The van der Waals surface area contributed by atoms with Crippen LogP contribution in [0.25, 0.3) is 0 Å².